The summed E-state index contributed by atoms with van der Waals surface area (Å²) in [7, 11) is 1.84. The molecule has 0 aliphatic heterocycles. The number of hydrogen-bond donors (Lipinski definition) is 1. The molecule has 0 bridgehead atoms. The van der Waals surface area contributed by atoms with Crippen molar-refractivity contribution in [2.24, 2.45) is 7.05 Å². The van der Waals surface area contributed by atoms with Crippen molar-refractivity contribution in [3.63, 3.8) is 0 Å². The number of carbonyl (C=O) groups is 1. The third-order valence-electron chi connectivity index (χ3n) is 2.79. The molecule has 1 amide bonds. The SMILES string of the molecule is Cc1ccc(NC(=O)/C=C\c2cnn(C)c2)c(C)c1. The van der Waals surface area contributed by atoms with Gasteiger partial charge in [0.25, 0.3) is 0 Å². The highest BCUT2D eigenvalue weighted by Crippen LogP contribution is 2.16. The van der Waals surface area contributed by atoms with Gasteiger partial charge in [0.1, 0.15) is 0 Å². The van der Waals surface area contributed by atoms with Crippen molar-refractivity contribution >= 4 is 17.7 Å². The molecule has 0 saturated heterocycles. The number of anilines is 1. The number of amides is 1. The van der Waals surface area contributed by atoms with Gasteiger partial charge in [-0.25, -0.2) is 0 Å². The average molecular weight is 255 g/mol. The van der Waals surface area contributed by atoms with E-state index in [-0.39, 0.29) is 5.91 Å². The maximum atomic E-state index is 11.8. The molecule has 0 aliphatic rings. The summed E-state index contributed by atoms with van der Waals surface area (Å²) >= 11 is 0. The minimum absolute atomic E-state index is 0.143. The van der Waals surface area contributed by atoms with Gasteiger partial charge in [0.05, 0.1) is 6.20 Å². The molecule has 0 aliphatic carbocycles. The second-order valence-corrected chi connectivity index (χ2v) is 4.59. The van der Waals surface area contributed by atoms with Crippen molar-refractivity contribution in [2.75, 3.05) is 5.32 Å². The number of aromatic nitrogens is 2. The smallest absolute Gasteiger partial charge is 0.248 e. The lowest BCUT2D eigenvalue weighted by Gasteiger charge is -2.06. The molecule has 1 N–H and O–H groups in total. The fourth-order valence-electron chi connectivity index (χ4n) is 1.83. The molecule has 2 aromatic rings. The van der Waals surface area contributed by atoms with Crippen LogP contribution in [0.4, 0.5) is 5.69 Å². The minimum atomic E-state index is -0.143. The van der Waals surface area contributed by atoms with Crippen LogP contribution in [0.2, 0.25) is 0 Å². The van der Waals surface area contributed by atoms with Crippen LogP contribution in [0.5, 0.6) is 0 Å². The highest BCUT2D eigenvalue weighted by atomic mass is 16.1. The van der Waals surface area contributed by atoms with E-state index < -0.39 is 0 Å². The summed E-state index contributed by atoms with van der Waals surface area (Å²) < 4.78 is 1.70. The number of carbonyl (C=O) groups excluding carboxylic acids is 1. The summed E-state index contributed by atoms with van der Waals surface area (Å²) in [5.41, 5.74) is 3.98. The summed E-state index contributed by atoms with van der Waals surface area (Å²) in [6, 6.07) is 5.94. The zero-order valence-corrected chi connectivity index (χ0v) is 11.3. The molecule has 98 valence electrons. The molecule has 0 unspecified atom stereocenters. The highest BCUT2D eigenvalue weighted by molar-refractivity contribution is 6.02. The van der Waals surface area contributed by atoms with E-state index >= 15 is 0 Å². The fraction of sp³-hybridized carbons (Fsp3) is 0.200. The lowest BCUT2D eigenvalue weighted by molar-refractivity contribution is -0.111. The van der Waals surface area contributed by atoms with Crippen LogP contribution in [0, 0.1) is 13.8 Å². The van der Waals surface area contributed by atoms with E-state index in [9.17, 15) is 4.79 Å². The van der Waals surface area contributed by atoms with E-state index in [0.29, 0.717) is 0 Å². The Balaban J connectivity index is 2.03. The number of hydrogen-bond acceptors (Lipinski definition) is 2. The third kappa shape index (κ3) is 3.55. The topological polar surface area (TPSA) is 46.9 Å². The second-order valence-electron chi connectivity index (χ2n) is 4.59. The van der Waals surface area contributed by atoms with Crippen molar-refractivity contribution in [3.8, 4) is 0 Å². The number of aryl methyl sites for hydroxylation is 3. The van der Waals surface area contributed by atoms with Gasteiger partial charge >= 0.3 is 0 Å². The maximum Gasteiger partial charge on any atom is 0.248 e. The summed E-state index contributed by atoms with van der Waals surface area (Å²) in [5.74, 6) is -0.143. The quantitative estimate of drug-likeness (QED) is 0.857. The van der Waals surface area contributed by atoms with Crippen molar-refractivity contribution < 1.29 is 4.79 Å². The van der Waals surface area contributed by atoms with Crippen LogP contribution >= 0.6 is 0 Å². The molecule has 1 aromatic heterocycles. The maximum absolute atomic E-state index is 11.8. The lowest BCUT2D eigenvalue weighted by atomic mass is 10.1. The van der Waals surface area contributed by atoms with E-state index in [1.807, 2.05) is 45.3 Å². The van der Waals surface area contributed by atoms with Crippen LogP contribution in [0.15, 0.2) is 36.7 Å². The second kappa shape index (κ2) is 5.52. The van der Waals surface area contributed by atoms with E-state index in [1.165, 1.54) is 11.6 Å². The van der Waals surface area contributed by atoms with Gasteiger partial charge in [-0.3, -0.25) is 9.48 Å². The summed E-state index contributed by atoms with van der Waals surface area (Å²) in [6.45, 7) is 4.01. The molecular weight excluding hydrogens is 238 g/mol. The van der Waals surface area contributed by atoms with Crippen molar-refractivity contribution in [2.45, 2.75) is 13.8 Å². The Kier molecular flexibility index (Phi) is 3.80. The zero-order valence-electron chi connectivity index (χ0n) is 11.3. The molecule has 0 fully saturated rings. The minimum Gasteiger partial charge on any atom is -0.322 e. The summed E-state index contributed by atoms with van der Waals surface area (Å²) in [6.07, 6.45) is 6.81. The lowest BCUT2D eigenvalue weighted by Crippen LogP contribution is -2.08. The van der Waals surface area contributed by atoms with Gasteiger partial charge in [-0.2, -0.15) is 5.10 Å². The number of benzene rings is 1. The number of nitrogens with zero attached hydrogens (tertiary/aromatic N) is 2. The summed E-state index contributed by atoms with van der Waals surface area (Å²) in [4.78, 5) is 11.8. The molecule has 4 nitrogen and oxygen atoms in total. The van der Waals surface area contributed by atoms with E-state index in [1.54, 1.807) is 17.0 Å². The predicted octanol–water partition coefficient (Wildman–Crippen LogP) is 2.69. The van der Waals surface area contributed by atoms with Gasteiger partial charge in [0.2, 0.25) is 5.91 Å². The Hall–Kier alpha value is -2.36. The van der Waals surface area contributed by atoms with E-state index in [4.69, 9.17) is 0 Å². The first-order chi connectivity index (χ1) is 9.04. The molecule has 2 rings (SSSR count). The first-order valence-electron chi connectivity index (χ1n) is 6.09. The first kappa shape index (κ1) is 13.1. The third-order valence-corrected chi connectivity index (χ3v) is 2.79. The van der Waals surface area contributed by atoms with Gasteiger partial charge < -0.3 is 5.32 Å². The van der Waals surface area contributed by atoms with Crippen molar-refractivity contribution in [1.29, 1.82) is 0 Å². The van der Waals surface area contributed by atoms with Crippen LogP contribution in [-0.2, 0) is 11.8 Å². The molecule has 1 heterocycles. The number of nitrogens with one attached hydrogen (secondary N) is 1. The predicted molar refractivity (Wildman–Crippen MR) is 76.8 cm³/mol. The fourth-order valence-corrected chi connectivity index (χ4v) is 1.83. The van der Waals surface area contributed by atoms with Crippen molar-refractivity contribution in [3.05, 3.63) is 53.4 Å². The van der Waals surface area contributed by atoms with Gasteiger partial charge in [-0.15, -0.1) is 0 Å². The van der Waals surface area contributed by atoms with E-state index in [0.717, 1.165) is 16.8 Å². The Bertz CT molecular complexity index is 626. The molecule has 0 atom stereocenters. The Morgan fingerprint density at radius 1 is 1.37 bits per heavy atom. The Morgan fingerprint density at radius 3 is 2.79 bits per heavy atom. The Morgan fingerprint density at radius 2 is 2.16 bits per heavy atom. The molecule has 0 saturated carbocycles. The Labute approximate surface area is 112 Å². The highest BCUT2D eigenvalue weighted by Gasteiger charge is 2.01. The van der Waals surface area contributed by atoms with Gasteiger partial charge in [0.15, 0.2) is 0 Å². The molecule has 19 heavy (non-hydrogen) atoms. The van der Waals surface area contributed by atoms with Gasteiger partial charge in [-0.05, 0) is 31.6 Å². The largest absolute Gasteiger partial charge is 0.322 e. The molecule has 4 heteroatoms. The monoisotopic (exact) mass is 255 g/mol. The first-order valence-corrected chi connectivity index (χ1v) is 6.09. The van der Waals surface area contributed by atoms with Crippen LogP contribution in [0.3, 0.4) is 0 Å². The van der Waals surface area contributed by atoms with Crippen LogP contribution in [0.25, 0.3) is 6.08 Å². The van der Waals surface area contributed by atoms with Crippen LogP contribution in [0.1, 0.15) is 16.7 Å². The zero-order chi connectivity index (χ0) is 13.8. The standard InChI is InChI=1S/C15H17N3O/c1-11-4-6-14(12(2)8-11)17-15(19)7-5-13-9-16-18(3)10-13/h4-10H,1-3H3,(H,17,19)/b7-5-. The van der Waals surface area contributed by atoms with Gasteiger partial charge in [-0.1, -0.05) is 17.7 Å². The number of rotatable bonds is 3. The van der Waals surface area contributed by atoms with E-state index in [2.05, 4.69) is 10.4 Å². The molecule has 0 radical (unpaired) electrons. The molecule has 0 spiro atoms. The normalized spacial score (nSPS) is 10.9. The average Bonchev–Trinajstić information content (AvgIpc) is 2.76. The van der Waals surface area contributed by atoms with Crippen molar-refractivity contribution in [1.82, 2.24) is 9.78 Å². The summed E-state index contributed by atoms with van der Waals surface area (Å²) in [5, 5.41) is 6.90. The molecular formula is C15H17N3O. The van der Waals surface area contributed by atoms with Crippen LogP contribution in [-0.4, -0.2) is 15.7 Å². The van der Waals surface area contributed by atoms with Crippen LogP contribution < -0.4 is 5.32 Å². The molecule has 1 aromatic carbocycles. The van der Waals surface area contributed by atoms with Gasteiger partial charge in [0, 0.05) is 30.6 Å².